The zero-order valence-corrected chi connectivity index (χ0v) is 13.0. The van der Waals surface area contributed by atoms with Crippen molar-refractivity contribution in [2.75, 3.05) is 6.54 Å². The summed E-state index contributed by atoms with van der Waals surface area (Å²) in [7, 11) is 0. The molecule has 0 saturated heterocycles. The summed E-state index contributed by atoms with van der Waals surface area (Å²) in [6, 6.07) is 4.14. The van der Waals surface area contributed by atoms with E-state index in [2.05, 4.69) is 22.0 Å². The maximum Gasteiger partial charge on any atom is 0.224 e. The molecule has 1 aromatic heterocycles. The van der Waals surface area contributed by atoms with E-state index >= 15 is 0 Å². The van der Waals surface area contributed by atoms with Gasteiger partial charge in [-0.2, -0.15) is 0 Å². The lowest BCUT2D eigenvalue weighted by Gasteiger charge is -2.22. The van der Waals surface area contributed by atoms with Gasteiger partial charge in [0, 0.05) is 23.9 Å². The number of hydrogen-bond donors (Lipinski definition) is 1. The number of hydrogen-bond acceptors (Lipinski definition) is 3. The molecule has 1 saturated carbocycles. The van der Waals surface area contributed by atoms with Crippen molar-refractivity contribution in [1.29, 1.82) is 0 Å². The van der Waals surface area contributed by atoms with Gasteiger partial charge in [-0.05, 0) is 53.7 Å². The first-order valence-corrected chi connectivity index (χ1v) is 7.98. The SMILES string of the molecule is CCN(Cc1ccc(Br)s1)C(=O)CC(N)C1CC1. The van der Waals surface area contributed by atoms with Gasteiger partial charge in [0.25, 0.3) is 0 Å². The highest BCUT2D eigenvalue weighted by atomic mass is 79.9. The summed E-state index contributed by atoms with van der Waals surface area (Å²) in [5.74, 6) is 0.768. The van der Waals surface area contributed by atoms with Gasteiger partial charge in [0.2, 0.25) is 5.91 Å². The number of carbonyl (C=O) groups is 1. The van der Waals surface area contributed by atoms with Gasteiger partial charge in [0.05, 0.1) is 10.3 Å². The molecule has 1 unspecified atom stereocenters. The summed E-state index contributed by atoms with van der Waals surface area (Å²) < 4.78 is 1.11. The van der Waals surface area contributed by atoms with E-state index in [-0.39, 0.29) is 11.9 Å². The molecule has 1 fully saturated rings. The number of nitrogens with two attached hydrogens (primary N) is 1. The van der Waals surface area contributed by atoms with Crippen LogP contribution in [0.1, 0.15) is 31.1 Å². The number of thiophene rings is 1. The van der Waals surface area contributed by atoms with Crippen LogP contribution in [0.5, 0.6) is 0 Å². The zero-order valence-electron chi connectivity index (χ0n) is 10.6. The quantitative estimate of drug-likeness (QED) is 0.871. The van der Waals surface area contributed by atoms with Crippen molar-refractivity contribution < 1.29 is 4.79 Å². The first-order valence-electron chi connectivity index (χ1n) is 6.37. The van der Waals surface area contributed by atoms with Crippen LogP contribution in [0.25, 0.3) is 0 Å². The molecule has 0 bridgehead atoms. The van der Waals surface area contributed by atoms with Gasteiger partial charge in [-0.1, -0.05) is 0 Å². The van der Waals surface area contributed by atoms with Gasteiger partial charge in [-0.15, -0.1) is 11.3 Å². The number of halogens is 1. The smallest absolute Gasteiger partial charge is 0.224 e. The molecule has 18 heavy (non-hydrogen) atoms. The van der Waals surface area contributed by atoms with E-state index in [9.17, 15) is 4.79 Å². The standard InChI is InChI=1S/C13H19BrN2OS/c1-2-16(8-10-5-6-12(14)18-10)13(17)7-11(15)9-3-4-9/h5-6,9,11H,2-4,7-8,15H2,1H3. The summed E-state index contributed by atoms with van der Waals surface area (Å²) in [4.78, 5) is 15.3. The van der Waals surface area contributed by atoms with Crippen molar-refractivity contribution in [3.8, 4) is 0 Å². The van der Waals surface area contributed by atoms with Gasteiger partial charge >= 0.3 is 0 Å². The second kappa shape index (κ2) is 6.17. The molecule has 1 aliphatic carbocycles. The molecule has 0 aromatic carbocycles. The Balaban J connectivity index is 1.88. The lowest BCUT2D eigenvalue weighted by atomic mass is 10.1. The maximum atomic E-state index is 12.2. The van der Waals surface area contributed by atoms with Crippen LogP contribution in [0, 0.1) is 5.92 Å². The third-order valence-electron chi connectivity index (χ3n) is 3.35. The van der Waals surface area contributed by atoms with Crippen LogP contribution in [-0.2, 0) is 11.3 Å². The van der Waals surface area contributed by atoms with Gasteiger partial charge in [-0.25, -0.2) is 0 Å². The number of amides is 1. The van der Waals surface area contributed by atoms with Gasteiger partial charge in [-0.3, -0.25) is 4.79 Å². The van der Waals surface area contributed by atoms with Crippen molar-refractivity contribution in [3.63, 3.8) is 0 Å². The Kier molecular flexibility index (Phi) is 4.81. The molecule has 1 atom stereocenters. The van der Waals surface area contributed by atoms with E-state index in [4.69, 9.17) is 5.73 Å². The average molecular weight is 331 g/mol. The minimum Gasteiger partial charge on any atom is -0.338 e. The van der Waals surface area contributed by atoms with Gasteiger partial charge in [0.1, 0.15) is 0 Å². The fourth-order valence-corrected chi connectivity index (χ4v) is 3.52. The number of carbonyl (C=O) groups excluding carboxylic acids is 1. The van der Waals surface area contributed by atoms with Gasteiger partial charge in [0.15, 0.2) is 0 Å². The summed E-state index contributed by atoms with van der Waals surface area (Å²) in [5.41, 5.74) is 6.02. The first kappa shape index (κ1) is 14.0. The molecule has 100 valence electrons. The second-order valence-corrected chi connectivity index (χ2v) is 7.37. The Morgan fingerprint density at radius 1 is 1.61 bits per heavy atom. The Morgan fingerprint density at radius 2 is 2.33 bits per heavy atom. The zero-order chi connectivity index (χ0) is 13.1. The number of nitrogens with zero attached hydrogens (tertiary/aromatic N) is 1. The van der Waals surface area contributed by atoms with E-state index in [0.29, 0.717) is 18.9 Å². The van der Waals surface area contributed by atoms with E-state index in [0.717, 1.165) is 10.3 Å². The molecule has 0 spiro atoms. The molecular weight excluding hydrogens is 312 g/mol. The highest BCUT2D eigenvalue weighted by Gasteiger charge is 2.30. The lowest BCUT2D eigenvalue weighted by Crippen LogP contribution is -2.36. The molecule has 2 N–H and O–H groups in total. The predicted molar refractivity (Wildman–Crippen MR) is 78.4 cm³/mol. The lowest BCUT2D eigenvalue weighted by molar-refractivity contribution is -0.132. The van der Waals surface area contributed by atoms with Crippen molar-refractivity contribution >= 4 is 33.2 Å². The fraction of sp³-hybridized carbons (Fsp3) is 0.615. The normalized spacial score (nSPS) is 16.6. The largest absolute Gasteiger partial charge is 0.338 e. The van der Waals surface area contributed by atoms with E-state index < -0.39 is 0 Å². The molecule has 5 heteroatoms. The topological polar surface area (TPSA) is 46.3 Å². The molecule has 3 nitrogen and oxygen atoms in total. The van der Waals surface area contributed by atoms with E-state index in [1.165, 1.54) is 17.7 Å². The van der Waals surface area contributed by atoms with Crippen LogP contribution in [0.15, 0.2) is 15.9 Å². The van der Waals surface area contributed by atoms with Crippen molar-refractivity contribution in [2.45, 2.75) is 38.8 Å². The molecule has 1 amide bonds. The molecule has 1 aliphatic rings. The fourth-order valence-electron chi connectivity index (χ4n) is 2.02. The Bertz CT molecular complexity index is 417. The summed E-state index contributed by atoms with van der Waals surface area (Å²) >= 11 is 5.12. The van der Waals surface area contributed by atoms with E-state index in [1.807, 2.05) is 17.9 Å². The highest BCUT2D eigenvalue weighted by molar-refractivity contribution is 9.11. The third-order valence-corrected chi connectivity index (χ3v) is 4.96. The van der Waals surface area contributed by atoms with Crippen molar-refractivity contribution in [3.05, 3.63) is 20.8 Å². The Labute approximate surface area is 120 Å². The monoisotopic (exact) mass is 330 g/mol. The third kappa shape index (κ3) is 3.80. The molecule has 1 aromatic rings. The summed E-state index contributed by atoms with van der Waals surface area (Å²) in [6.07, 6.45) is 2.88. The van der Waals surface area contributed by atoms with Crippen LogP contribution in [0.3, 0.4) is 0 Å². The van der Waals surface area contributed by atoms with Crippen LogP contribution in [0.4, 0.5) is 0 Å². The van der Waals surface area contributed by atoms with Crippen molar-refractivity contribution in [2.24, 2.45) is 11.7 Å². The Morgan fingerprint density at radius 3 is 2.83 bits per heavy atom. The Hall–Kier alpha value is -0.390. The average Bonchev–Trinajstić information content (AvgIpc) is 3.10. The maximum absolute atomic E-state index is 12.2. The molecule has 2 rings (SSSR count). The second-order valence-electron chi connectivity index (χ2n) is 4.82. The highest BCUT2D eigenvalue weighted by Crippen LogP contribution is 2.33. The minimum atomic E-state index is 0.0571. The summed E-state index contributed by atoms with van der Waals surface area (Å²) in [5, 5.41) is 0. The van der Waals surface area contributed by atoms with Crippen molar-refractivity contribution in [1.82, 2.24) is 4.90 Å². The van der Waals surface area contributed by atoms with Crippen LogP contribution in [0.2, 0.25) is 0 Å². The summed E-state index contributed by atoms with van der Waals surface area (Å²) in [6.45, 7) is 3.46. The van der Waals surface area contributed by atoms with Gasteiger partial charge < -0.3 is 10.6 Å². The molecule has 0 aliphatic heterocycles. The van der Waals surface area contributed by atoms with E-state index in [1.54, 1.807) is 11.3 Å². The molecule has 0 radical (unpaired) electrons. The predicted octanol–water partition coefficient (Wildman–Crippen LogP) is 2.99. The number of rotatable bonds is 6. The van der Waals surface area contributed by atoms with Crippen LogP contribution in [-0.4, -0.2) is 23.4 Å². The molecular formula is C13H19BrN2OS. The van der Waals surface area contributed by atoms with Crippen LogP contribution < -0.4 is 5.73 Å². The minimum absolute atomic E-state index is 0.0571. The molecule has 1 heterocycles. The van der Waals surface area contributed by atoms with Crippen LogP contribution >= 0.6 is 27.3 Å². The first-order chi connectivity index (χ1) is 8.60.